The number of aromatic nitrogens is 2. The van der Waals surface area contributed by atoms with Crippen LogP contribution in [0.25, 0.3) is 10.2 Å². The molecule has 8 nitrogen and oxygen atoms in total. The predicted octanol–water partition coefficient (Wildman–Crippen LogP) is 4.42. The van der Waals surface area contributed by atoms with Crippen LogP contribution >= 0.6 is 34.3 Å². The minimum absolute atomic E-state index is 0.0844. The van der Waals surface area contributed by atoms with Crippen LogP contribution in [0.5, 0.6) is 0 Å². The summed E-state index contributed by atoms with van der Waals surface area (Å²) in [5, 5.41) is 6.52. The van der Waals surface area contributed by atoms with Crippen LogP contribution in [-0.2, 0) is 14.8 Å². The summed E-state index contributed by atoms with van der Waals surface area (Å²) < 4.78 is 28.4. The molecule has 32 heavy (non-hydrogen) atoms. The molecule has 4 aromatic rings. The molecule has 0 unspecified atom stereocenters. The van der Waals surface area contributed by atoms with Gasteiger partial charge in [0, 0.05) is 28.8 Å². The maximum Gasteiger partial charge on any atom is 0.263 e. The van der Waals surface area contributed by atoms with Gasteiger partial charge in [-0.15, -0.1) is 11.3 Å². The summed E-state index contributed by atoms with van der Waals surface area (Å²) >= 11 is 8.68. The topological polar surface area (TPSA) is 104 Å². The normalized spacial score (nSPS) is 16.6. The fourth-order valence-electron chi connectivity index (χ4n) is 3.43. The number of nitrogens with zero attached hydrogens (tertiary/aromatic N) is 3. The van der Waals surface area contributed by atoms with E-state index in [-0.39, 0.29) is 10.8 Å². The molecule has 0 bridgehead atoms. The zero-order chi connectivity index (χ0) is 22.3. The van der Waals surface area contributed by atoms with E-state index in [1.54, 1.807) is 28.5 Å². The van der Waals surface area contributed by atoms with Crippen molar-refractivity contribution in [1.82, 2.24) is 9.97 Å². The minimum atomic E-state index is -3.74. The zero-order valence-corrected chi connectivity index (χ0v) is 19.6. The fraction of sp³-hybridized carbons (Fsp3) is 0.150. The number of anilines is 3. The molecular formula is C20H16ClN5O3S3. The highest BCUT2D eigenvalue weighted by atomic mass is 35.5. The van der Waals surface area contributed by atoms with Crippen molar-refractivity contribution in [2.45, 2.75) is 17.4 Å². The van der Waals surface area contributed by atoms with Gasteiger partial charge in [0.15, 0.2) is 10.3 Å². The lowest BCUT2D eigenvalue weighted by Crippen LogP contribution is -2.33. The third-order valence-electron chi connectivity index (χ3n) is 4.97. The number of amides is 1. The fourth-order valence-corrected chi connectivity index (χ4v) is 6.42. The molecule has 1 fully saturated rings. The Morgan fingerprint density at radius 1 is 1.12 bits per heavy atom. The van der Waals surface area contributed by atoms with Crippen molar-refractivity contribution in [3.05, 3.63) is 59.1 Å². The molecule has 0 aliphatic carbocycles. The van der Waals surface area contributed by atoms with Crippen molar-refractivity contribution in [2.24, 2.45) is 0 Å². The molecule has 12 heteroatoms. The number of carbonyl (C=O) groups excluding carboxylic acids is 1. The van der Waals surface area contributed by atoms with Gasteiger partial charge in [0.2, 0.25) is 5.91 Å². The summed E-state index contributed by atoms with van der Waals surface area (Å²) in [7, 11) is -3.74. The summed E-state index contributed by atoms with van der Waals surface area (Å²) in [6.45, 7) is 0.524. The number of fused-ring (bicyclic) bond motifs is 1. The number of hydrogen-bond acceptors (Lipinski definition) is 8. The highest BCUT2D eigenvalue weighted by Gasteiger charge is 2.33. The van der Waals surface area contributed by atoms with Gasteiger partial charge >= 0.3 is 0 Å². The van der Waals surface area contributed by atoms with E-state index < -0.39 is 16.1 Å². The monoisotopic (exact) mass is 505 g/mol. The Morgan fingerprint density at radius 3 is 2.69 bits per heavy atom. The molecule has 1 aliphatic rings. The highest BCUT2D eigenvalue weighted by Crippen LogP contribution is 2.31. The van der Waals surface area contributed by atoms with E-state index in [0.29, 0.717) is 33.9 Å². The number of sulfonamides is 1. The Bertz CT molecular complexity index is 1390. The molecule has 0 saturated carbocycles. The third-order valence-corrected chi connectivity index (χ3v) is 8.32. The summed E-state index contributed by atoms with van der Waals surface area (Å²) in [6, 6.07) is 11.3. The molecule has 1 amide bonds. The predicted molar refractivity (Wildman–Crippen MR) is 128 cm³/mol. The number of halogens is 1. The van der Waals surface area contributed by atoms with Crippen LogP contribution in [0, 0.1) is 0 Å². The molecule has 2 aromatic heterocycles. The van der Waals surface area contributed by atoms with E-state index in [4.69, 9.17) is 11.6 Å². The van der Waals surface area contributed by atoms with Gasteiger partial charge in [-0.3, -0.25) is 9.52 Å². The Labute approximate surface area is 196 Å². The summed E-state index contributed by atoms with van der Waals surface area (Å²) in [5.74, 6) is -0.0844. The van der Waals surface area contributed by atoms with Gasteiger partial charge in [-0.25, -0.2) is 18.4 Å². The lowest BCUT2D eigenvalue weighted by Gasteiger charge is -2.17. The van der Waals surface area contributed by atoms with E-state index >= 15 is 0 Å². The van der Waals surface area contributed by atoms with Crippen molar-refractivity contribution >= 4 is 76.4 Å². The molecule has 1 saturated heterocycles. The third kappa shape index (κ3) is 4.16. The number of carbonyl (C=O) groups is 1. The second-order valence-corrected chi connectivity index (χ2v) is 11.1. The average Bonchev–Trinajstić information content (AvgIpc) is 3.49. The first kappa shape index (κ1) is 21.1. The summed E-state index contributed by atoms with van der Waals surface area (Å²) in [6.07, 6.45) is 2.14. The van der Waals surface area contributed by atoms with E-state index in [9.17, 15) is 13.2 Å². The van der Waals surface area contributed by atoms with Crippen molar-refractivity contribution in [3.63, 3.8) is 0 Å². The van der Waals surface area contributed by atoms with Gasteiger partial charge in [-0.1, -0.05) is 22.9 Å². The molecule has 1 atom stereocenters. The van der Waals surface area contributed by atoms with Crippen LogP contribution in [0.3, 0.4) is 0 Å². The molecule has 0 spiro atoms. The maximum atomic E-state index is 13.0. The van der Waals surface area contributed by atoms with Crippen molar-refractivity contribution in [3.8, 4) is 0 Å². The van der Waals surface area contributed by atoms with E-state index in [0.717, 1.165) is 10.2 Å². The van der Waals surface area contributed by atoms with E-state index in [1.807, 2.05) is 12.1 Å². The first-order chi connectivity index (χ1) is 15.4. The van der Waals surface area contributed by atoms with Crippen LogP contribution in [-0.4, -0.2) is 36.9 Å². The number of thiazole rings is 2. The molecule has 2 N–H and O–H groups in total. The van der Waals surface area contributed by atoms with E-state index in [2.05, 4.69) is 20.0 Å². The standard InChI is InChI=1S/C20H16ClN5O3S3/c21-12-1-6-15-17(11-12)31-20(23-15)24-16-7-9-26(18(16)27)13-2-4-14(5-3-13)32(28,29)25-19-22-8-10-30-19/h1-6,8,10-11,16H,7,9H2,(H,22,25)(H,23,24)/t16-/m0/s1. The molecule has 3 heterocycles. The molecule has 0 radical (unpaired) electrons. The highest BCUT2D eigenvalue weighted by molar-refractivity contribution is 7.93. The van der Waals surface area contributed by atoms with Gasteiger partial charge in [-0.05, 0) is 48.9 Å². The first-order valence-corrected chi connectivity index (χ1v) is 13.1. The van der Waals surface area contributed by atoms with Crippen molar-refractivity contribution in [1.29, 1.82) is 0 Å². The van der Waals surface area contributed by atoms with Gasteiger partial charge in [0.05, 0.1) is 15.1 Å². The Morgan fingerprint density at radius 2 is 1.94 bits per heavy atom. The lowest BCUT2D eigenvalue weighted by molar-refractivity contribution is -0.117. The van der Waals surface area contributed by atoms with Crippen LogP contribution in [0.15, 0.2) is 58.9 Å². The van der Waals surface area contributed by atoms with Crippen LogP contribution in [0.2, 0.25) is 5.02 Å². The van der Waals surface area contributed by atoms with Gasteiger partial charge in [-0.2, -0.15) is 0 Å². The molecule has 2 aromatic carbocycles. The molecule has 1 aliphatic heterocycles. The zero-order valence-electron chi connectivity index (χ0n) is 16.4. The van der Waals surface area contributed by atoms with Crippen LogP contribution in [0.4, 0.5) is 16.0 Å². The molecular weight excluding hydrogens is 490 g/mol. The number of nitrogens with one attached hydrogen (secondary N) is 2. The van der Waals surface area contributed by atoms with Gasteiger partial charge in [0.1, 0.15) is 6.04 Å². The SMILES string of the molecule is O=C1[C@@H](Nc2nc3ccc(Cl)cc3s2)CCN1c1ccc(S(=O)(=O)Nc2nccs2)cc1. The number of benzene rings is 2. The summed E-state index contributed by atoms with van der Waals surface area (Å²) in [5.41, 5.74) is 1.47. The maximum absolute atomic E-state index is 13.0. The summed E-state index contributed by atoms with van der Waals surface area (Å²) in [4.78, 5) is 23.2. The second-order valence-electron chi connectivity index (χ2n) is 7.04. The minimum Gasteiger partial charge on any atom is -0.350 e. The van der Waals surface area contributed by atoms with Gasteiger partial charge in [0.25, 0.3) is 10.0 Å². The quantitative estimate of drug-likeness (QED) is 0.402. The molecule has 164 valence electrons. The largest absolute Gasteiger partial charge is 0.350 e. The first-order valence-electron chi connectivity index (χ1n) is 9.55. The Hall–Kier alpha value is -2.73. The van der Waals surface area contributed by atoms with Crippen LogP contribution in [0.1, 0.15) is 6.42 Å². The van der Waals surface area contributed by atoms with Crippen molar-refractivity contribution in [2.75, 3.05) is 21.5 Å². The lowest BCUT2D eigenvalue weighted by atomic mass is 10.2. The number of rotatable bonds is 6. The Balaban J connectivity index is 1.29. The van der Waals surface area contributed by atoms with Crippen molar-refractivity contribution < 1.29 is 13.2 Å². The van der Waals surface area contributed by atoms with E-state index in [1.165, 1.54) is 41.0 Å². The number of hydrogen-bond donors (Lipinski definition) is 2. The second kappa shape index (κ2) is 8.32. The smallest absolute Gasteiger partial charge is 0.263 e. The Kier molecular flexibility index (Phi) is 5.49. The molecule has 5 rings (SSSR count). The van der Waals surface area contributed by atoms with Crippen LogP contribution < -0.4 is 14.9 Å². The average molecular weight is 506 g/mol. The van der Waals surface area contributed by atoms with Gasteiger partial charge < -0.3 is 10.2 Å².